The minimum Gasteiger partial charge on any atom is -0.536 e. The van der Waals surface area contributed by atoms with Gasteiger partial charge in [0.15, 0.2) is 0 Å². The maximum atomic E-state index is 9.23. The third kappa shape index (κ3) is 4.20. The van der Waals surface area contributed by atoms with Crippen molar-refractivity contribution < 1.29 is 30.9 Å². The minimum absolute atomic E-state index is 0. The fraction of sp³-hybridized carbons (Fsp3) is 0.238. The molecule has 0 bridgehead atoms. The zero-order valence-corrected chi connectivity index (χ0v) is 19.0. The topological polar surface area (TPSA) is 90.9 Å². The van der Waals surface area contributed by atoms with Gasteiger partial charge in [0.05, 0.1) is 18.7 Å². The molecule has 0 aliphatic heterocycles. The summed E-state index contributed by atoms with van der Waals surface area (Å²) in [5.41, 5.74) is 1.73. The Morgan fingerprint density at radius 2 is 1.50 bits per heavy atom. The SMILES string of the molecule is COc1c[c-]n(-c2cccc(C(C)(C)c3cccc(-n4[c-]cc(CO)n4)n3)n2)n1.[Pt+2]. The molecular weight excluding hydrogens is 563 g/mol. The van der Waals surface area contributed by atoms with Crippen LogP contribution in [0.3, 0.4) is 0 Å². The number of aromatic nitrogens is 6. The molecule has 0 fully saturated rings. The van der Waals surface area contributed by atoms with E-state index in [-0.39, 0.29) is 27.7 Å². The summed E-state index contributed by atoms with van der Waals surface area (Å²) < 4.78 is 8.20. The molecule has 0 amide bonds. The van der Waals surface area contributed by atoms with Crippen molar-refractivity contribution in [1.82, 2.24) is 29.5 Å². The third-order valence-electron chi connectivity index (χ3n) is 4.65. The molecule has 0 aromatic carbocycles. The summed E-state index contributed by atoms with van der Waals surface area (Å²) in [4.78, 5) is 9.52. The molecule has 9 heteroatoms. The maximum Gasteiger partial charge on any atom is 2.00 e. The van der Waals surface area contributed by atoms with Crippen LogP contribution in [-0.2, 0) is 33.1 Å². The van der Waals surface area contributed by atoms with Crippen molar-refractivity contribution in [3.8, 4) is 17.5 Å². The Balaban J connectivity index is 0.00000256. The van der Waals surface area contributed by atoms with Gasteiger partial charge in [-0.3, -0.25) is 15.1 Å². The van der Waals surface area contributed by atoms with Gasteiger partial charge < -0.3 is 19.2 Å². The molecule has 0 saturated heterocycles. The van der Waals surface area contributed by atoms with Gasteiger partial charge in [-0.1, -0.05) is 42.7 Å². The second kappa shape index (κ2) is 8.90. The summed E-state index contributed by atoms with van der Waals surface area (Å²) in [6.07, 6.45) is 5.97. The van der Waals surface area contributed by atoms with E-state index in [2.05, 4.69) is 36.4 Å². The number of aliphatic hydroxyl groups is 1. The molecule has 0 radical (unpaired) electrons. The Bertz CT molecular complexity index is 1050. The Kier molecular flexibility index (Phi) is 6.48. The molecular formula is C21H20N6O2Pt. The molecule has 4 aromatic rings. The molecule has 4 rings (SSSR count). The van der Waals surface area contributed by atoms with Gasteiger partial charge in [0.2, 0.25) is 0 Å². The monoisotopic (exact) mass is 583 g/mol. The smallest absolute Gasteiger partial charge is 0.536 e. The molecule has 0 spiro atoms. The van der Waals surface area contributed by atoms with Gasteiger partial charge in [0.1, 0.15) is 5.88 Å². The first kappa shape index (κ1) is 21.9. The largest absolute Gasteiger partial charge is 2.00 e. The normalized spacial score (nSPS) is 11.2. The van der Waals surface area contributed by atoms with Crippen molar-refractivity contribution in [2.24, 2.45) is 0 Å². The van der Waals surface area contributed by atoms with E-state index in [0.717, 1.165) is 11.4 Å². The van der Waals surface area contributed by atoms with Crippen molar-refractivity contribution in [1.29, 1.82) is 0 Å². The quantitative estimate of drug-likeness (QED) is 0.351. The fourth-order valence-corrected chi connectivity index (χ4v) is 2.92. The first-order valence-electron chi connectivity index (χ1n) is 9.06. The molecule has 0 aliphatic rings. The first-order valence-corrected chi connectivity index (χ1v) is 9.06. The predicted molar refractivity (Wildman–Crippen MR) is 105 cm³/mol. The van der Waals surface area contributed by atoms with Crippen LogP contribution in [0.25, 0.3) is 11.6 Å². The van der Waals surface area contributed by atoms with Crippen LogP contribution in [-0.4, -0.2) is 41.7 Å². The van der Waals surface area contributed by atoms with Gasteiger partial charge in [0.25, 0.3) is 0 Å². The Morgan fingerprint density at radius 1 is 0.933 bits per heavy atom. The van der Waals surface area contributed by atoms with Crippen molar-refractivity contribution >= 4 is 0 Å². The first-order chi connectivity index (χ1) is 14.0. The van der Waals surface area contributed by atoms with Crippen molar-refractivity contribution in [2.75, 3.05) is 7.11 Å². The van der Waals surface area contributed by atoms with Gasteiger partial charge in [-0.15, -0.1) is 6.07 Å². The summed E-state index contributed by atoms with van der Waals surface area (Å²) in [6, 6.07) is 14.8. The van der Waals surface area contributed by atoms with E-state index in [4.69, 9.17) is 14.7 Å². The molecule has 0 atom stereocenters. The van der Waals surface area contributed by atoms with E-state index < -0.39 is 5.41 Å². The molecule has 4 heterocycles. The molecule has 0 saturated carbocycles. The zero-order chi connectivity index (χ0) is 20.4. The standard InChI is InChI=1S/C21H20N6O2.Pt/c1-21(2,16-6-4-8-18(22-16)26-12-10-15(14-28)24-26)17-7-5-9-19(23-17)27-13-11-20(25-27)29-3;/h4-11,28H,14H2,1-3H3;/q-2;+2. The van der Waals surface area contributed by atoms with Crippen LogP contribution < -0.4 is 4.74 Å². The number of ether oxygens (including phenoxy) is 1. The van der Waals surface area contributed by atoms with Crippen LogP contribution in [0.5, 0.6) is 5.88 Å². The predicted octanol–water partition coefficient (Wildman–Crippen LogP) is 2.27. The van der Waals surface area contributed by atoms with Crippen molar-refractivity contribution in [3.63, 3.8) is 0 Å². The summed E-state index contributed by atoms with van der Waals surface area (Å²) in [5.74, 6) is 1.74. The van der Waals surface area contributed by atoms with Crippen LogP contribution in [0.15, 0.2) is 48.5 Å². The van der Waals surface area contributed by atoms with Gasteiger partial charge >= 0.3 is 21.1 Å². The van der Waals surface area contributed by atoms with E-state index in [1.807, 2.05) is 36.4 Å². The second-order valence-electron chi connectivity index (χ2n) is 6.95. The molecule has 1 N–H and O–H groups in total. The van der Waals surface area contributed by atoms with Gasteiger partial charge in [-0.05, 0) is 31.7 Å². The van der Waals surface area contributed by atoms with Crippen LogP contribution in [0.1, 0.15) is 30.9 Å². The second-order valence-corrected chi connectivity index (χ2v) is 6.95. The number of pyridine rings is 2. The molecule has 156 valence electrons. The molecule has 0 aliphatic carbocycles. The number of aliphatic hydroxyl groups excluding tert-OH is 1. The average molecular weight is 584 g/mol. The van der Waals surface area contributed by atoms with Crippen LogP contribution in [0.2, 0.25) is 0 Å². The van der Waals surface area contributed by atoms with Crippen molar-refractivity contribution in [3.05, 3.63) is 78.0 Å². The average Bonchev–Trinajstić information content (AvgIpc) is 3.43. The van der Waals surface area contributed by atoms with E-state index in [1.165, 1.54) is 4.68 Å². The Labute approximate surface area is 188 Å². The van der Waals surface area contributed by atoms with Gasteiger partial charge in [-0.2, -0.15) is 0 Å². The van der Waals surface area contributed by atoms with Gasteiger partial charge in [-0.25, -0.2) is 5.10 Å². The summed E-state index contributed by atoms with van der Waals surface area (Å²) in [7, 11) is 1.56. The van der Waals surface area contributed by atoms with Gasteiger partial charge in [0, 0.05) is 23.4 Å². The van der Waals surface area contributed by atoms with Crippen LogP contribution >= 0.6 is 0 Å². The van der Waals surface area contributed by atoms with E-state index in [9.17, 15) is 5.11 Å². The molecule has 8 nitrogen and oxygen atoms in total. The van der Waals surface area contributed by atoms with Crippen LogP contribution in [0.4, 0.5) is 0 Å². The Hall–Kier alpha value is -2.83. The summed E-state index contributed by atoms with van der Waals surface area (Å²) in [6.45, 7) is 3.98. The number of hydrogen-bond donors (Lipinski definition) is 1. The summed E-state index contributed by atoms with van der Waals surface area (Å²) >= 11 is 0. The number of nitrogens with zero attached hydrogens (tertiary/aromatic N) is 6. The third-order valence-corrected chi connectivity index (χ3v) is 4.65. The van der Waals surface area contributed by atoms with E-state index in [1.54, 1.807) is 23.9 Å². The maximum absolute atomic E-state index is 9.23. The van der Waals surface area contributed by atoms with Crippen LogP contribution in [0, 0.1) is 12.4 Å². The zero-order valence-electron chi connectivity index (χ0n) is 16.7. The number of hydrogen-bond acceptors (Lipinski definition) is 6. The minimum atomic E-state index is -0.476. The van der Waals surface area contributed by atoms with E-state index >= 15 is 0 Å². The summed E-state index contributed by atoms with van der Waals surface area (Å²) in [5, 5.41) is 17.8. The van der Waals surface area contributed by atoms with Crippen molar-refractivity contribution in [2.45, 2.75) is 25.9 Å². The number of rotatable bonds is 6. The fourth-order valence-electron chi connectivity index (χ4n) is 2.92. The molecule has 30 heavy (non-hydrogen) atoms. The number of methoxy groups -OCH3 is 1. The molecule has 0 unspecified atom stereocenters. The molecule has 4 aromatic heterocycles. The Morgan fingerprint density at radius 3 is 2.00 bits per heavy atom. The van der Waals surface area contributed by atoms with E-state index in [0.29, 0.717) is 23.2 Å².